The van der Waals surface area contributed by atoms with Crippen LogP contribution in [0.25, 0.3) is 22.3 Å². The number of hydrogen-bond donors (Lipinski definition) is 0. The molecule has 0 nitrogen and oxygen atoms in total. The predicted octanol–water partition coefficient (Wildman–Crippen LogP) is 7.31. The lowest BCUT2D eigenvalue weighted by molar-refractivity contribution is 0.881. The van der Waals surface area contributed by atoms with Gasteiger partial charge in [0.2, 0.25) is 0 Å². The SMILES string of the molecule is Ic1c(-c2ccccc2)cccc1-c1cccc2c1SC1C=CC=CC21. The van der Waals surface area contributed by atoms with Crippen molar-refractivity contribution in [3.8, 4) is 22.3 Å². The fourth-order valence-corrected chi connectivity index (χ4v) is 6.29. The van der Waals surface area contributed by atoms with E-state index in [4.69, 9.17) is 0 Å². The minimum atomic E-state index is 0.509. The zero-order chi connectivity index (χ0) is 17.5. The molecule has 26 heavy (non-hydrogen) atoms. The second-order valence-corrected chi connectivity index (χ2v) is 8.90. The number of halogens is 1. The molecule has 3 aromatic rings. The van der Waals surface area contributed by atoms with Gasteiger partial charge in [-0.1, -0.05) is 91.0 Å². The predicted molar refractivity (Wildman–Crippen MR) is 121 cm³/mol. The molecular formula is C24H17IS. The first-order valence-corrected chi connectivity index (χ1v) is 10.8. The Hall–Kier alpha value is -1.78. The number of fused-ring (bicyclic) bond motifs is 3. The summed E-state index contributed by atoms with van der Waals surface area (Å²) in [7, 11) is 0. The molecule has 0 radical (unpaired) electrons. The highest BCUT2D eigenvalue weighted by atomic mass is 127. The summed E-state index contributed by atoms with van der Waals surface area (Å²) in [5.41, 5.74) is 6.76. The zero-order valence-electron chi connectivity index (χ0n) is 14.1. The van der Waals surface area contributed by atoms with E-state index in [1.165, 1.54) is 36.3 Å². The van der Waals surface area contributed by atoms with Gasteiger partial charge in [0.25, 0.3) is 0 Å². The van der Waals surface area contributed by atoms with E-state index in [-0.39, 0.29) is 0 Å². The average molecular weight is 464 g/mol. The van der Waals surface area contributed by atoms with E-state index in [0.717, 1.165) is 0 Å². The lowest BCUT2D eigenvalue weighted by Crippen LogP contribution is -2.06. The summed E-state index contributed by atoms with van der Waals surface area (Å²) in [6.07, 6.45) is 9.05. The molecule has 126 valence electrons. The van der Waals surface area contributed by atoms with Gasteiger partial charge in [0.05, 0.1) is 0 Å². The number of hydrogen-bond acceptors (Lipinski definition) is 1. The summed E-state index contributed by atoms with van der Waals surface area (Å²) in [6, 6.07) is 24.1. The number of allylic oxidation sites excluding steroid dienone is 3. The van der Waals surface area contributed by atoms with Crippen LogP contribution in [0.3, 0.4) is 0 Å². The molecule has 5 rings (SSSR count). The summed E-state index contributed by atoms with van der Waals surface area (Å²) in [5.74, 6) is 0.509. The van der Waals surface area contributed by atoms with Gasteiger partial charge in [-0.3, -0.25) is 0 Å². The third-order valence-corrected chi connectivity index (χ3v) is 7.69. The lowest BCUT2D eigenvalue weighted by Gasteiger charge is -2.14. The highest BCUT2D eigenvalue weighted by Crippen LogP contribution is 2.52. The van der Waals surface area contributed by atoms with Gasteiger partial charge in [-0.05, 0) is 50.4 Å². The molecule has 0 saturated carbocycles. The molecule has 0 spiro atoms. The maximum atomic E-state index is 2.52. The molecule has 2 aliphatic rings. The molecule has 2 heteroatoms. The van der Waals surface area contributed by atoms with E-state index in [1.54, 1.807) is 0 Å². The molecule has 0 bridgehead atoms. The van der Waals surface area contributed by atoms with E-state index < -0.39 is 0 Å². The fourth-order valence-electron chi connectivity index (χ4n) is 3.86. The standard InChI is InChI=1S/C24H17IS/c25-23-17(16-8-2-1-3-9-16)11-6-12-19(23)21-14-7-13-20-18-10-4-5-15-22(18)26-24(20)21/h1-15,18,22H. The van der Waals surface area contributed by atoms with Crippen molar-refractivity contribution in [2.45, 2.75) is 16.1 Å². The largest absolute Gasteiger partial charge is 0.117 e. The molecule has 2 atom stereocenters. The van der Waals surface area contributed by atoms with Crippen molar-refractivity contribution < 1.29 is 0 Å². The van der Waals surface area contributed by atoms with E-state index in [0.29, 0.717) is 11.2 Å². The Kier molecular flexibility index (Phi) is 4.26. The van der Waals surface area contributed by atoms with Crippen LogP contribution in [-0.2, 0) is 0 Å². The average Bonchev–Trinajstić information content (AvgIpc) is 3.08. The van der Waals surface area contributed by atoms with Gasteiger partial charge < -0.3 is 0 Å². The Morgan fingerprint density at radius 3 is 2.31 bits per heavy atom. The van der Waals surface area contributed by atoms with Crippen LogP contribution in [0.1, 0.15) is 11.5 Å². The normalized spacial score (nSPS) is 20.0. The number of thioether (sulfide) groups is 1. The summed E-state index contributed by atoms with van der Waals surface area (Å²) in [6.45, 7) is 0. The van der Waals surface area contributed by atoms with Crippen molar-refractivity contribution in [3.05, 3.63) is 100 Å². The van der Waals surface area contributed by atoms with Gasteiger partial charge in [-0.25, -0.2) is 0 Å². The van der Waals surface area contributed by atoms with Crippen molar-refractivity contribution >= 4 is 34.4 Å². The molecule has 0 amide bonds. The van der Waals surface area contributed by atoms with Crippen molar-refractivity contribution in [3.63, 3.8) is 0 Å². The summed E-state index contributed by atoms with van der Waals surface area (Å²) >= 11 is 4.53. The fraction of sp³-hybridized carbons (Fsp3) is 0.0833. The monoisotopic (exact) mass is 464 g/mol. The molecule has 1 aliphatic carbocycles. The van der Waals surface area contributed by atoms with Crippen LogP contribution in [0.4, 0.5) is 0 Å². The van der Waals surface area contributed by atoms with Gasteiger partial charge >= 0.3 is 0 Å². The smallest absolute Gasteiger partial charge is 0.0381 e. The Labute approximate surface area is 172 Å². The van der Waals surface area contributed by atoms with Crippen LogP contribution in [-0.4, -0.2) is 5.25 Å². The Balaban J connectivity index is 1.66. The van der Waals surface area contributed by atoms with Gasteiger partial charge in [-0.15, -0.1) is 11.8 Å². The first-order valence-electron chi connectivity index (χ1n) is 8.82. The van der Waals surface area contributed by atoms with Crippen molar-refractivity contribution in [2.24, 2.45) is 0 Å². The van der Waals surface area contributed by atoms with Gasteiger partial charge in [0, 0.05) is 19.6 Å². The van der Waals surface area contributed by atoms with Crippen LogP contribution in [0.2, 0.25) is 0 Å². The van der Waals surface area contributed by atoms with E-state index in [9.17, 15) is 0 Å². The van der Waals surface area contributed by atoms with Crippen molar-refractivity contribution in [1.29, 1.82) is 0 Å². The van der Waals surface area contributed by atoms with Crippen LogP contribution in [0.15, 0.2) is 95.9 Å². The maximum Gasteiger partial charge on any atom is 0.0381 e. The van der Waals surface area contributed by atoms with Crippen LogP contribution < -0.4 is 0 Å². The summed E-state index contributed by atoms with van der Waals surface area (Å²) < 4.78 is 1.33. The maximum absolute atomic E-state index is 2.52. The molecule has 0 aromatic heterocycles. The second-order valence-electron chi connectivity index (χ2n) is 6.64. The van der Waals surface area contributed by atoms with Crippen LogP contribution >= 0.6 is 34.4 Å². The first kappa shape index (κ1) is 16.4. The zero-order valence-corrected chi connectivity index (χ0v) is 17.1. The number of rotatable bonds is 2. The molecule has 2 unspecified atom stereocenters. The third-order valence-electron chi connectivity index (χ3n) is 5.12. The van der Waals surface area contributed by atoms with Crippen molar-refractivity contribution in [1.82, 2.24) is 0 Å². The molecule has 0 fully saturated rings. The topological polar surface area (TPSA) is 0 Å². The van der Waals surface area contributed by atoms with Crippen LogP contribution in [0, 0.1) is 3.57 Å². The molecular weight excluding hydrogens is 447 g/mol. The van der Waals surface area contributed by atoms with E-state index >= 15 is 0 Å². The van der Waals surface area contributed by atoms with E-state index in [1.807, 2.05) is 11.8 Å². The highest BCUT2D eigenvalue weighted by Gasteiger charge is 2.32. The van der Waals surface area contributed by atoms with Crippen molar-refractivity contribution in [2.75, 3.05) is 0 Å². The summed E-state index contributed by atoms with van der Waals surface area (Å²) in [4.78, 5) is 1.45. The third kappa shape index (κ3) is 2.67. The second kappa shape index (κ2) is 6.75. The Bertz CT molecular complexity index is 1030. The first-order chi connectivity index (χ1) is 12.8. The summed E-state index contributed by atoms with van der Waals surface area (Å²) in [5, 5.41) is 0.533. The molecule has 1 aliphatic heterocycles. The molecule has 3 aromatic carbocycles. The lowest BCUT2D eigenvalue weighted by atomic mass is 9.90. The van der Waals surface area contributed by atoms with E-state index in [2.05, 4.69) is 114 Å². The van der Waals surface area contributed by atoms with Gasteiger partial charge in [0.1, 0.15) is 0 Å². The van der Waals surface area contributed by atoms with Gasteiger partial charge in [0.15, 0.2) is 0 Å². The Morgan fingerprint density at radius 2 is 1.42 bits per heavy atom. The highest BCUT2D eigenvalue weighted by molar-refractivity contribution is 14.1. The minimum Gasteiger partial charge on any atom is -0.117 e. The minimum absolute atomic E-state index is 0.509. The Morgan fingerprint density at radius 1 is 0.692 bits per heavy atom. The quantitative estimate of drug-likeness (QED) is 0.359. The van der Waals surface area contributed by atoms with Crippen LogP contribution in [0.5, 0.6) is 0 Å². The van der Waals surface area contributed by atoms with Gasteiger partial charge in [-0.2, -0.15) is 0 Å². The molecule has 0 N–H and O–H groups in total. The molecule has 0 saturated heterocycles. The number of benzene rings is 3. The molecule has 1 heterocycles.